The highest BCUT2D eigenvalue weighted by molar-refractivity contribution is 5.88. The number of benzene rings is 1. The predicted octanol–water partition coefficient (Wildman–Crippen LogP) is 1.38. The number of aromatic nitrogens is 2. The first-order valence-corrected chi connectivity index (χ1v) is 9.63. The molecule has 2 saturated heterocycles. The molecule has 2 aromatic rings. The van der Waals surface area contributed by atoms with Gasteiger partial charge in [0.15, 0.2) is 17.4 Å². The van der Waals surface area contributed by atoms with Gasteiger partial charge in [0.05, 0.1) is 23.6 Å². The van der Waals surface area contributed by atoms with Gasteiger partial charge in [0, 0.05) is 38.2 Å². The number of ketones is 1. The van der Waals surface area contributed by atoms with Gasteiger partial charge in [-0.25, -0.2) is 18.2 Å². The Morgan fingerprint density at radius 2 is 2.00 bits per heavy atom. The Labute approximate surface area is 165 Å². The van der Waals surface area contributed by atoms with Crippen molar-refractivity contribution in [2.45, 2.75) is 38.0 Å². The van der Waals surface area contributed by atoms with Gasteiger partial charge in [-0.15, -0.1) is 0 Å². The number of hydrogen-bond donors (Lipinski definition) is 1. The molecule has 0 saturated carbocycles. The Kier molecular flexibility index (Phi) is 5.20. The number of carbonyl (C=O) groups excluding carboxylic acids is 2. The summed E-state index contributed by atoms with van der Waals surface area (Å²) in [4.78, 5) is 32.1. The fraction of sp³-hybridized carbons (Fsp3) is 0.526. The average molecular weight is 409 g/mol. The second-order valence-electron chi connectivity index (χ2n) is 7.63. The Bertz CT molecular complexity index is 963. The van der Waals surface area contributed by atoms with Crippen LogP contribution in [0, 0.1) is 11.6 Å². The number of carbonyl (C=O) groups is 2. The fourth-order valence-electron chi connectivity index (χ4n) is 3.93. The number of hydrogen-bond acceptors (Lipinski definition) is 5. The van der Waals surface area contributed by atoms with Crippen LogP contribution >= 0.6 is 0 Å². The molecule has 0 unspecified atom stereocenters. The number of alkyl halides is 1. The number of amides is 1. The van der Waals surface area contributed by atoms with Crippen molar-refractivity contribution in [1.82, 2.24) is 14.5 Å². The van der Waals surface area contributed by atoms with Crippen LogP contribution in [-0.4, -0.2) is 64.5 Å². The van der Waals surface area contributed by atoms with Crippen molar-refractivity contribution in [3.05, 3.63) is 23.8 Å². The van der Waals surface area contributed by atoms with Crippen molar-refractivity contribution in [1.29, 1.82) is 0 Å². The summed E-state index contributed by atoms with van der Waals surface area (Å²) in [5, 5.41) is 0. The normalized spacial score (nSPS) is 23.1. The number of imidazole rings is 1. The third-order valence-corrected chi connectivity index (χ3v) is 5.52. The van der Waals surface area contributed by atoms with E-state index in [0.717, 1.165) is 12.1 Å². The van der Waals surface area contributed by atoms with Gasteiger partial charge in [0.2, 0.25) is 11.9 Å². The number of rotatable bonds is 3. The molecule has 10 heteroatoms. The number of likely N-dealkylation sites (tertiary alicyclic amines) is 1. The summed E-state index contributed by atoms with van der Waals surface area (Å²) < 4.78 is 42.9. The van der Waals surface area contributed by atoms with Gasteiger partial charge >= 0.3 is 0 Å². The second kappa shape index (κ2) is 7.66. The van der Waals surface area contributed by atoms with Crippen LogP contribution < -0.4 is 10.6 Å². The predicted molar refractivity (Wildman–Crippen MR) is 100 cm³/mol. The monoisotopic (exact) mass is 409 g/mol. The zero-order valence-electron chi connectivity index (χ0n) is 15.8. The molecule has 2 aliphatic heterocycles. The van der Waals surface area contributed by atoms with Crippen LogP contribution in [0.2, 0.25) is 0 Å². The molecule has 0 radical (unpaired) electrons. The molecule has 2 aliphatic rings. The molecule has 0 aliphatic carbocycles. The average Bonchev–Trinajstić information content (AvgIpc) is 3.01. The van der Waals surface area contributed by atoms with E-state index in [1.165, 1.54) is 9.47 Å². The third kappa shape index (κ3) is 3.81. The zero-order valence-corrected chi connectivity index (χ0v) is 15.8. The minimum Gasteiger partial charge on any atom is -0.340 e. The maximum Gasteiger partial charge on any atom is 0.243 e. The Balaban J connectivity index is 1.70. The SMILES string of the molecule is N[C@@H]1CN(c2nc3cc(F)c(F)cc3n2CC(=O)N2CCCC(=O)C2)CC[C@H]1F. The molecule has 0 bridgehead atoms. The smallest absolute Gasteiger partial charge is 0.243 e. The van der Waals surface area contributed by atoms with Gasteiger partial charge < -0.3 is 20.1 Å². The molecule has 2 atom stereocenters. The first kappa shape index (κ1) is 19.7. The molecule has 4 rings (SSSR count). The quantitative estimate of drug-likeness (QED) is 0.828. The minimum atomic E-state index is -1.14. The van der Waals surface area contributed by atoms with E-state index in [2.05, 4.69) is 4.98 Å². The van der Waals surface area contributed by atoms with Gasteiger partial charge in [0.25, 0.3) is 0 Å². The van der Waals surface area contributed by atoms with Crippen LogP contribution in [0.25, 0.3) is 11.0 Å². The summed E-state index contributed by atoms with van der Waals surface area (Å²) in [7, 11) is 0. The number of Topliss-reactive ketones (excluding diaryl/α,β-unsaturated/α-hetero) is 1. The van der Waals surface area contributed by atoms with Crippen molar-refractivity contribution < 1.29 is 22.8 Å². The lowest BCUT2D eigenvalue weighted by atomic mass is 10.1. The van der Waals surface area contributed by atoms with Crippen molar-refractivity contribution >= 4 is 28.7 Å². The van der Waals surface area contributed by atoms with E-state index in [9.17, 15) is 22.8 Å². The maximum absolute atomic E-state index is 13.9. The van der Waals surface area contributed by atoms with E-state index in [1.807, 2.05) is 0 Å². The van der Waals surface area contributed by atoms with Crippen LogP contribution in [0.15, 0.2) is 12.1 Å². The number of nitrogens with zero attached hydrogens (tertiary/aromatic N) is 4. The Morgan fingerprint density at radius 3 is 2.72 bits per heavy atom. The fourth-order valence-corrected chi connectivity index (χ4v) is 3.93. The molecule has 29 heavy (non-hydrogen) atoms. The Morgan fingerprint density at radius 1 is 1.24 bits per heavy atom. The first-order valence-electron chi connectivity index (χ1n) is 9.63. The summed E-state index contributed by atoms with van der Waals surface area (Å²) in [5.74, 6) is -2.10. The molecule has 7 nitrogen and oxygen atoms in total. The summed E-state index contributed by atoms with van der Waals surface area (Å²) >= 11 is 0. The molecule has 1 amide bonds. The van der Waals surface area contributed by atoms with Crippen LogP contribution in [0.4, 0.5) is 19.1 Å². The topological polar surface area (TPSA) is 84.5 Å². The van der Waals surface area contributed by atoms with Crippen LogP contribution in [0.5, 0.6) is 0 Å². The first-order chi connectivity index (χ1) is 13.8. The minimum absolute atomic E-state index is 0.00980. The lowest BCUT2D eigenvalue weighted by Crippen LogP contribution is -2.50. The van der Waals surface area contributed by atoms with Crippen molar-refractivity contribution in [3.63, 3.8) is 0 Å². The van der Waals surface area contributed by atoms with Gasteiger partial charge in [-0.2, -0.15) is 0 Å². The van der Waals surface area contributed by atoms with Crippen molar-refractivity contribution in [2.75, 3.05) is 31.1 Å². The molecule has 2 N–H and O–H groups in total. The van der Waals surface area contributed by atoms with Crippen molar-refractivity contribution in [3.8, 4) is 0 Å². The summed E-state index contributed by atoms with van der Waals surface area (Å²) in [6.45, 7) is 0.815. The molecule has 3 heterocycles. The molecule has 1 aromatic carbocycles. The second-order valence-corrected chi connectivity index (χ2v) is 7.63. The van der Waals surface area contributed by atoms with Gasteiger partial charge in [-0.05, 0) is 12.8 Å². The summed E-state index contributed by atoms with van der Waals surface area (Å²) in [6, 6.07) is 1.25. The van der Waals surface area contributed by atoms with Gasteiger partial charge in [-0.1, -0.05) is 0 Å². The van der Waals surface area contributed by atoms with E-state index < -0.39 is 23.8 Å². The van der Waals surface area contributed by atoms with Gasteiger partial charge in [0.1, 0.15) is 12.7 Å². The van der Waals surface area contributed by atoms with Crippen LogP contribution in [0.3, 0.4) is 0 Å². The van der Waals surface area contributed by atoms with E-state index >= 15 is 0 Å². The molecule has 1 aromatic heterocycles. The highest BCUT2D eigenvalue weighted by Crippen LogP contribution is 2.28. The number of fused-ring (bicyclic) bond motifs is 1. The number of nitrogens with two attached hydrogens (primary N) is 1. The zero-order chi connectivity index (χ0) is 20.7. The molecule has 2 fully saturated rings. The number of halogens is 3. The van der Waals surface area contributed by atoms with E-state index in [4.69, 9.17) is 5.73 Å². The van der Waals surface area contributed by atoms with E-state index in [1.54, 1.807) is 4.90 Å². The lowest BCUT2D eigenvalue weighted by Gasteiger charge is -2.34. The highest BCUT2D eigenvalue weighted by Gasteiger charge is 2.31. The molecule has 0 spiro atoms. The van der Waals surface area contributed by atoms with Crippen molar-refractivity contribution in [2.24, 2.45) is 5.73 Å². The molecular weight excluding hydrogens is 387 g/mol. The summed E-state index contributed by atoms with van der Waals surface area (Å²) in [6.07, 6.45) is 0.103. The largest absolute Gasteiger partial charge is 0.340 e. The maximum atomic E-state index is 13.9. The third-order valence-electron chi connectivity index (χ3n) is 5.52. The number of piperidine rings is 2. The van der Waals surface area contributed by atoms with Crippen LogP contribution in [-0.2, 0) is 16.1 Å². The number of anilines is 1. The molecular formula is C19H22F3N5O2. The standard InChI is InChI=1S/C19H22F3N5O2/c20-12-3-5-26(9-15(12)23)19-24-16-6-13(21)14(22)7-17(16)27(19)10-18(29)25-4-1-2-11(28)8-25/h6-7,12,15H,1-5,8-10,23H2/t12-,15-/m1/s1. The molecule has 156 valence electrons. The Hall–Kier alpha value is -2.62. The van der Waals surface area contributed by atoms with E-state index in [-0.39, 0.29) is 48.8 Å². The van der Waals surface area contributed by atoms with E-state index in [0.29, 0.717) is 31.9 Å². The highest BCUT2D eigenvalue weighted by atomic mass is 19.2. The summed E-state index contributed by atoms with van der Waals surface area (Å²) in [5.41, 5.74) is 6.29. The lowest BCUT2D eigenvalue weighted by molar-refractivity contribution is -0.137. The van der Waals surface area contributed by atoms with Gasteiger partial charge in [-0.3, -0.25) is 9.59 Å². The van der Waals surface area contributed by atoms with Crippen LogP contribution in [0.1, 0.15) is 19.3 Å².